The van der Waals surface area contributed by atoms with E-state index in [0.29, 0.717) is 11.8 Å². The molecule has 0 heteroatoms. The van der Waals surface area contributed by atoms with E-state index < -0.39 is 0 Å². The molecular weight excluding hydrogens is 312 g/mol. The molecule has 0 amide bonds. The van der Waals surface area contributed by atoms with Gasteiger partial charge in [-0.15, -0.1) is 0 Å². The molecule has 0 bridgehead atoms. The van der Waals surface area contributed by atoms with Crippen LogP contribution >= 0.6 is 0 Å². The monoisotopic (exact) mass is 340 g/mol. The molecule has 4 rings (SSSR count). The molecule has 0 nitrogen and oxygen atoms in total. The predicted octanol–water partition coefficient (Wildman–Crippen LogP) is 7.50. The van der Waals surface area contributed by atoms with Crippen LogP contribution < -0.4 is 0 Å². The molecule has 26 heavy (non-hydrogen) atoms. The maximum absolute atomic E-state index is 2.55. The summed E-state index contributed by atoms with van der Waals surface area (Å²) in [5.74, 6) is 0.830. The van der Waals surface area contributed by atoms with Crippen molar-refractivity contribution in [3.63, 3.8) is 0 Å². The predicted molar refractivity (Wildman–Crippen MR) is 113 cm³/mol. The average Bonchev–Trinajstić information content (AvgIpc) is 3.30. The second kappa shape index (κ2) is 7.91. The van der Waals surface area contributed by atoms with Gasteiger partial charge < -0.3 is 0 Å². The Balaban J connectivity index is 1.65. The van der Waals surface area contributed by atoms with E-state index >= 15 is 0 Å². The molecule has 0 N–H and O–H groups in total. The van der Waals surface area contributed by atoms with Gasteiger partial charge in [0.15, 0.2) is 0 Å². The standard InChI is InChI=1S/C26H28/c1-2-3-4-5-6-15-24(25-18-16-20-11-7-9-13-22(20)25)26-19-17-21-12-8-10-14-23(21)26/h7-19,25-26H,2-6H2,1H3. The minimum atomic E-state index is 0.415. The lowest BCUT2D eigenvalue weighted by Crippen LogP contribution is -2.06. The van der Waals surface area contributed by atoms with Crippen molar-refractivity contribution in [1.29, 1.82) is 0 Å². The van der Waals surface area contributed by atoms with E-state index in [-0.39, 0.29) is 0 Å². The van der Waals surface area contributed by atoms with E-state index in [1.54, 1.807) is 5.57 Å². The largest absolute Gasteiger partial charge is 0.0835 e. The van der Waals surface area contributed by atoms with Crippen LogP contribution in [0, 0.1) is 0 Å². The zero-order chi connectivity index (χ0) is 17.8. The first-order valence-electron chi connectivity index (χ1n) is 10.1. The van der Waals surface area contributed by atoms with Crippen LogP contribution in [0.4, 0.5) is 0 Å². The van der Waals surface area contributed by atoms with Gasteiger partial charge in [0.2, 0.25) is 0 Å². The Hall–Kier alpha value is -2.34. The number of hydrogen-bond acceptors (Lipinski definition) is 0. The number of allylic oxidation sites excluding steroid dienone is 4. The summed E-state index contributed by atoms with van der Waals surface area (Å²) in [4.78, 5) is 0. The molecule has 0 aliphatic heterocycles. The minimum absolute atomic E-state index is 0.415. The molecular formula is C26H28. The summed E-state index contributed by atoms with van der Waals surface area (Å²) in [7, 11) is 0. The third kappa shape index (κ3) is 3.33. The van der Waals surface area contributed by atoms with E-state index in [0.717, 1.165) is 0 Å². The summed E-state index contributed by atoms with van der Waals surface area (Å²) in [5, 5.41) is 0. The van der Waals surface area contributed by atoms with Gasteiger partial charge in [-0.25, -0.2) is 0 Å². The molecule has 0 saturated heterocycles. The van der Waals surface area contributed by atoms with Gasteiger partial charge in [0.1, 0.15) is 0 Å². The Labute approximate surface area is 158 Å². The normalized spacial score (nSPS) is 19.4. The zero-order valence-corrected chi connectivity index (χ0v) is 15.7. The molecule has 0 aromatic heterocycles. The van der Waals surface area contributed by atoms with Gasteiger partial charge in [-0.05, 0) is 35.1 Å². The summed E-state index contributed by atoms with van der Waals surface area (Å²) >= 11 is 0. The number of benzene rings is 2. The second-order valence-electron chi connectivity index (χ2n) is 7.48. The maximum atomic E-state index is 2.55. The van der Waals surface area contributed by atoms with Crippen LogP contribution in [0.25, 0.3) is 12.2 Å². The Morgan fingerprint density at radius 2 is 1.35 bits per heavy atom. The van der Waals surface area contributed by atoms with Gasteiger partial charge >= 0.3 is 0 Å². The van der Waals surface area contributed by atoms with Gasteiger partial charge in [-0.3, -0.25) is 0 Å². The lowest BCUT2D eigenvalue weighted by molar-refractivity contribution is 0.670. The van der Waals surface area contributed by atoms with E-state index in [1.807, 2.05) is 0 Å². The fraction of sp³-hybridized carbons (Fsp3) is 0.308. The van der Waals surface area contributed by atoms with E-state index in [4.69, 9.17) is 0 Å². The van der Waals surface area contributed by atoms with Crippen LogP contribution in [-0.4, -0.2) is 0 Å². The summed E-state index contributed by atoms with van der Waals surface area (Å²) in [6.07, 6.45) is 18.4. The Morgan fingerprint density at radius 3 is 1.92 bits per heavy atom. The lowest BCUT2D eigenvalue weighted by Gasteiger charge is -2.22. The summed E-state index contributed by atoms with van der Waals surface area (Å²) in [6.45, 7) is 2.28. The molecule has 0 radical (unpaired) electrons. The van der Waals surface area contributed by atoms with Crippen molar-refractivity contribution in [2.75, 3.05) is 0 Å². The maximum Gasteiger partial charge on any atom is 0.0246 e. The number of hydrogen-bond donors (Lipinski definition) is 0. The first kappa shape index (κ1) is 17.1. The summed E-state index contributed by atoms with van der Waals surface area (Å²) in [5.41, 5.74) is 7.24. The van der Waals surface area contributed by atoms with Gasteiger partial charge in [-0.2, -0.15) is 0 Å². The average molecular weight is 341 g/mol. The van der Waals surface area contributed by atoms with Crippen LogP contribution in [0.15, 0.2) is 72.3 Å². The van der Waals surface area contributed by atoms with Crippen LogP contribution in [0.2, 0.25) is 0 Å². The Kier molecular flexibility index (Phi) is 5.20. The summed E-state index contributed by atoms with van der Waals surface area (Å²) < 4.78 is 0. The SMILES string of the molecule is CCCCCCC=C(C1C=Cc2ccccc21)C1C=Cc2ccccc21. The zero-order valence-electron chi connectivity index (χ0n) is 15.7. The smallest absolute Gasteiger partial charge is 0.0246 e. The molecule has 2 aliphatic rings. The van der Waals surface area contributed by atoms with E-state index in [1.165, 1.54) is 54.4 Å². The van der Waals surface area contributed by atoms with Crippen LogP contribution in [0.1, 0.15) is 73.1 Å². The van der Waals surface area contributed by atoms with Crippen molar-refractivity contribution in [1.82, 2.24) is 0 Å². The molecule has 132 valence electrons. The molecule has 0 fully saturated rings. The van der Waals surface area contributed by atoms with Crippen molar-refractivity contribution >= 4 is 12.2 Å². The molecule has 0 heterocycles. The van der Waals surface area contributed by atoms with Crippen molar-refractivity contribution in [3.8, 4) is 0 Å². The highest BCUT2D eigenvalue weighted by Gasteiger charge is 2.28. The Bertz CT molecular complexity index is 786. The van der Waals surface area contributed by atoms with Crippen molar-refractivity contribution in [2.24, 2.45) is 0 Å². The van der Waals surface area contributed by atoms with Crippen LogP contribution in [0.3, 0.4) is 0 Å². The highest BCUT2D eigenvalue weighted by Crippen LogP contribution is 2.45. The molecule has 0 spiro atoms. The van der Waals surface area contributed by atoms with Gasteiger partial charge in [0.05, 0.1) is 0 Å². The third-order valence-electron chi connectivity index (χ3n) is 5.75. The van der Waals surface area contributed by atoms with Crippen LogP contribution in [-0.2, 0) is 0 Å². The minimum Gasteiger partial charge on any atom is -0.0835 e. The fourth-order valence-corrected chi connectivity index (χ4v) is 4.37. The molecule has 2 unspecified atom stereocenters. The van der Waals surface area contributed by atoms with Gasteiger partial charge in [0, 0.05) is 11.8 Å². The second-order valence-corrected chi connectivity index (χ2v) is 7.48. The van der Waals surface area contributed by atoms with Crippen molar-refractivity contribution < 1.29 is 0 Å². The molecule has 2 aromatic carbocycles. The third-order valence-corrected chi connectivity index (χ3v) is 5.75. The van der Waals surface area contributed by atoms with Gasteiger partial charge in [-0.1, -0.05) is 111 Å². The highest BCUT2D eigenvalue weighted by molar-refractivity contribution is 5.69. The first-order valence-corrected chi connectivity index (χ1v) is 10.1. The summed E-state index contributed by atoms with van der Waals surface area (Å²) in [6, 6.07) is 17.7. The van der Waals surface area contributed by atoms with Gasteiger partial charge in [0.25, 0.3) is 0 Å². The number of unbranched alkanes of at least 4 members (excludes halogenated alkanes) is 4. The fourth-order valence-electron chi connectivity index (χ4n) is 4.37. The molecule has 0 saturated carbocycles. The van der Waals surface area contributed by atoms with Crippen LogP contribution in [0.5, 0.6) is 0 Å². The molecule has 2 aromatic rings. The van der Waals surface area contributed by atoms with Crippen molar-refractivity contribution in [3.05, 3.63) is 94.6 Å². The number of fused-ring (bicyclic) bond motifs is 2. The quantitative estimate of drug-likeness (QED) is 0.361. The highest BCUT2D eigenvalue weighted by atomic mass is 14.3. The Morgan fingerprint density at radius 1 is 0.769 bits per heavy atom. The van der Waals surface area contributed by atoms with E-state index in [9.17, 15) is 0 Å². The number of rotatable bonds is 7. The first-order chi connectivity index (χ1) is 12.9. The topological polar surface area (TPSA) is 0 Å². The van der Waals surface area contributed by atoms with Crippen molar-refractivity contribution in [2.45, 2.75) is 50.9 Å². The van der Waals surface area contributed by atoms with E-state index in [2.05, 4.69) is 85.8 Å². The molecule has 2 aliphatic carbocycles. The molecule has 2 atom stereocenters. The lowest BCUT2D eigenvalue weighted by atomic mass is 9.81.